The number of hydrogen-bond donors (Lipinski definition) is 1. The maximum atomic E-state index is 5.90. The van der Waals surface area contributed by atoms with Gasteiger partial charge in [0, 0.05) is 19.3 Å². The van der Waals surface area contributed by atoms with E-state index in [1.54, 1.807) is 12.3 Å². The summed E-state index contributed by atoms with van der Waals surface area (Å²) in [5, 5.41) is 0. The molecule has 4 heteroatoms. The number of nitrogens with two attached hydrogens (primary N) is 1. The van der Waals surface area contributed by atoms with Crippen LogP contribution in [0.15, 0.2) is 24.4 Å². The number of rotatable bonds is 1. The highest BCUT2D eigenvalue weighted by Gasteiger charge is 2.14. The summed E-state index contributed by atoms with van der Waals surface area (Å²) in [6, 6.07) is 5.82. The Morgan fingerprint density at radius 2 is 1.94 bits per heavy atom. The zero-order valence-electron chi connectivity index (χ0n) is 9.06. The molecule has 1 saturated heterocycles. The second-order valence-electron chi connectivity index (χ2n) is 4.13. The number of hydrogen-bond acceptors (Lipinski definition) is 4. The van der Waals surface area contributed by atoms with Gasteiger partial charge in [-0.3, -0.25) is 4.98 Å². The topological polar surface area (TPSA) is 55.0 Å². The molecule has 2 aromatic rings. The van der Waals surface area contributed by atoms with Crippen LogP contribution in [0.5, 0.6) is 0 Å². The van der Waals surface area contributed by atoms with Gasteiger partial charge in [-0.15, -0.1) is 0 Å². The van der Waals surface area contributed by atoms with Gasteiger partial charge in [0.05, 0.1) is 11.2 Å². The highest BCUT2D eigenvalue weighted by molar-refractivity contribution is 5.87. The largest absolute Gasteiger partial charge is 0.397 e. The number of nitrogens with zero attached hydrogens (tertiary/aromatic N) is 3. The summed E-state index contributed by atoms with van der Waals surface area (Å²) in [5.41, 5.74) is 8.28. The smallest absolute Gasteiger partial charge is 0.129 e. The Morgan fingerprint density at radius 1 is 1.12 bits per heavy atom. The summed E-state index contributed by atoms with van der Waals surface area (Å²) in [7, 11) is 0. The van der Waals surface area contributed by atoms with Crippen LogP contribution in [-0.2, 0) is 0 Å². The second kappa shape index (κ2) is 3.63. The molecule has 1 fully saturated rings. The Kier molecular flexibility index (Phi) is 2.13. The van der Waals surface area contributed by atoms with Crippen molar-refractivity contribution in [3.8, 4) is 0 Å². The van der Waals surface area contributed by atoms with E-state index in [0.29, 0.717) is 5.69 Å². The molecule has 0 amide bonds. The first-order valence-corrected chi connectivity index (χ1v) is 5.61. The van der Waals surface area contributed by atoms with Crippen molar-refractivity contribution in [2.45, 2.75) is 12.8 Å². The van der Waals surface area contributed by atoms with E-state index in [2.05, 4.69) is 14.9 Å². The lowest BCUT2D eigenvalue weighted by Gasteiger charge is -2.16. The van der Waals surface area contributed by atoms with Crippen LogP contribution >= 0.6 is 0 Å². The van der Waals surface area contributed by atoms with Crippen LogP contribution in [0.3, 0.4) is 0 Å². The van der Waals surface area contributed by atoms with Gasteiger partial charge in [-0.25, -0.2) is 4.98 Å². The Balaban J connectivity index is 2.10. The average Bonchev–Trinajstić information content (AvgIpc) is 2.83. The third-order valence-corrected chi connectivity index (χ3v) is 3.03. The number of pyridine rings is 2. The molecule has 16 heavy (non-hydrogen) atoms. The van der Waals surface area contributed by atoms with Crippen LogP contribution in [0, 0.1) is 0 Å². The third-order valence-electron chi connectivity index (χ3n) is 3.03. The van der Waals surface area contributed by atoms with Crippen molar-refractivity contribution < 1.29 is 0 Å². The highest BCUT2D eigenvalue weighted by atomic mass is 15.2. The molecule has 2 aromatic heterocycles. The molecule has 0 unspecified atom stereocenters. The van der Waals surface area contributed by atoms with E-state index in [0.717, 1.165) is 29.9 Å². The normalized spacial score (nSPS) is 15.9. The molecule has 3 heterocycles. The summed E-state index contributed by atoms with van der Waals surface area (Å²) < 4.78 is 0. The summed E-state index contributed by atoms with van der Waals surface area (Å²) in [4.78, 5) is 11.1. The first-order valence-electron chi connectivity index (χ1n) is 5.61. The lowest BCUT2D eigenvalue weighted by Crippen LogP contribution is -2.18. The first-order chi connectivity index (χ1) is 7.84. The number of anilines is 2. The number of nitrogen functional groups attached to an aromatic ring is 1. The Morgan fingerprint density at radius 3 is 2.75 bits per heavy atom. The molecule has 0 atom stereocenters. The van der Waals surface area contributed by atoms with E-state index >= 15 is 0 Å². The molecular formula is C12H14N4. The van der Waals surface area contributed by atoms with Crippen molar-refractivity contribution >= 4 is 22.5 Å². The molecule has 4 nitrogen and oxygen atoms in total. The molecule has 0 radical (unpaired) electrons. The molecule has 0 spiro atoms. The monoisotopic (exact) mass is 214 g/mol. The molecule has 0 aliphatic carbocycles. The maximum absolute atomic E-state index is 5.90. The van der Waals surface area contributed by atoms with Gasteiger partial charge in [0.2, 0.25) is 0 Å². The summed E-state index contributed by atoms with van der Waals surface area (Å²) in [6.07, 6.45) is 4.22. The molecule has 0 aromatic carbocycles. The molecule has 1 aliphatic heterocycles. The van der Waals surface area contributed by atoms with Crippen LogP contribution in [0.2, 0.25) is 0 Å². The van der Waals surface area contributed by atoms with Gasteiger partial charge < -0.3 is 10.6 Å². The average molecular weight is 214 g/mol. The highest BCUT2D eigenvalue weighted by Crippen LogP contribution is 2.23. The molecule has 3 rings (SSSR count). The fraction of sp³-hybridized carbons (Fsp3) is 0.333. The van der Waals surface area contributed by atoms with Crippen molar-refractivity contribution in [2.24, 2.45) is 0 Å². The number of aromatic nitrogens is 2. The SMILES string of the molecule is Nc1ccnc2ccc(N3CCCC3)nc12. The van der Waals surface area contributed by atoms with Crippen molar-refractivity contribution in [1.82, 2.24) is 9.97 Å². The Labute approximate surface area is 94.1 Å². The molecular weight excluding hydrogens is 200 g/mol. The first kappa shape index (κ1) is 9.39. The van der Waals surface area contributed by atoms with Gasteiger partial charge in [-0.1, -0.05) is 0 Å². The van der Waals surface area contributed by atoms with Crippen LogP contribution < -0.4 is 10.6 Å². The van der Waals surface area contributed by atoms with Crippen molar-refractivity contribution in [1.29, 1.82) is 0 Å². The lowest BCUT2D eigenvalue weighted by atomic mass is 10.3. The van der Waals surface area contributed by atoms with Crippen LogP contribution in [0.25, 0.3) is 11.0 Å². The van der Waals surface area contributed by atoms with E-state index in [1.165, 1.54) is 12.8 Å². The molecule has 2 N–H and O–H groups in total. The quantitative estimate of drug-likeness (QED) is 0.786. The summed E-state index contributed by atoms with van der Waals surface area (Å²) >= 11 is 0. The summed E-state index contributed by atoms with van der Waals surface area (Å²) in [5.74, 6) is 1.02. The second-order valence-corrected chi connectivity index (χ2v) is 4.13. The molecule has 1 aliphatic rings. The standard InChI is InChI=1S/C12H14N4/c13-9-5-6-14-10-3-4-11(15-12(9)10)16-7-1-2-8-16/h3-6H,1-2,7-8H2,(H2,13,14). The molecule has 0 bridgehead atoms. The summed E-state index contributed by atoms with van der Waals surface area (Å²) in [6.45, 7) is 2.19. The zero-order chi connectivity index (χ0) is 11.0. The zero-order valence-corrected chi connectivity index (χ0v) is 9.06. The maximum Gasteiger partial charge on any atom is 0.129 e. The van der Waals surface area contributed by atoms with Crippen molar-refractivity contribution in [2.75, 3.05) is 23.7 Å². The minimum Gasteiger partial charge on any atom is -0.397 e. The minimum atomic E-state index is 0.700. The molecule has 0 saturated carbocycles. The fourth-order valence-corrected chi connectivity index (χ4v) is 2.16. The predicted molar refractivity (Wildman–Crippen MR) is 65.4 cm³/mol. The van der Waals surface area contributed by atoms with Crippen molar-refractivity contribution in [3.63, 3.8) is 0 Å². The molecule has 82 valence electrons. The van der Waals surface area contributed by atoms with Crippen LogP contribution in [0.1, 0.15) is 12.8 Å². The van der Waals surface area contributed by atoms with E-state index in [1.807, 2.05) is 12.1 Å². The Hall–Kier alpha value is -1.84. The number of fused-ring (bicyclic) bond motifs is 1. The van der Waals surface area contributed by atoms with Crippen molar-refractivity contribution in [3.05, 3.63) is 24.4 Å². The van der Waals surface area contributed by atoms with Crippen LogP contribution in [-0.4, -0.2) is 23.1 Å². The predicted octanol–water partition coefficient (Wildman–Crippen LogP) is 1.81. The van der Waals surface area contributed by atoms with Gasteiger partial charge in [0.1, 0.15) is 11.3 Å². The van der Waals surface area contributed by atoms with E-state index in [-0.39, 0.29) is 0 Å². The third kappa shape index (κ3) is 1.46. The van der Waals surface area contributed by atoms with E-state index in [4.69, 9.17) is 5.73 Å². The van der Waals surface area contributed by atoms with Gasteiger partial charge >= 0.3 is 0 Å². The van der Waals surface area contributed by atoms with Gasteiger partial charge in [0.15, 0.2) is 0 Å². The van der Waals surface area contributed by atoms with Gasteiger partial charge in [-0.2, -0.15) is 0 Å². The fourth-order valence-electron chi connectivity index (χ4n) is 2.16. The van der Waals surface area contributed by atoms with E-state index in [9.17, 15) is 0 Å². The van der Waals surface area contributed by atoms with Gasteiger partial charge in [-0.05, 0) is 31.0 Å². The Bertz CT molecular complexity index is 517. The van der Waals surface area contributed by atoms with Crippen LogP contribution in [0.4, 0.5) is 11.5 Å². The van der Waals surface area contributed by atoms with Gasteiger partial charge in [0.25, 0.3) is 0 Å². The van der Waals surface area contributed by atoms with E-state index < -0.39 is 0 Å². The minimum absolute atomic E-state index is 0.700. The lowest BCUT2D eigenvalue weighted by molar-refractivity contribution is 0.943.